The first-order chi connectivity index (χ1) is 7.30. The molecule has 0 bridgehead atoms. The van der Waals surface area contributed by atoms with Gasteiger partial charge >= 0.3 is 0 Å². The summed E-state index contributed by atoms with van der Waals surface area (Å²) in [5, 5.41) is 7.77. The van der Waals surface area contributed by atoms with Crippen molar-refractivity contribution in [2.24, 2.45) is 12.5 Å². The lowest BCUT2D eigenvalue weighted by atomic mass is 9.66. The molecule has 1 aromatic heterocycles. The van der Waals surface area contributed by atoms with Crippen LogP contribution in [0.15, 0.2) is 12.4 Å². The Balaban J connectivity index is 0.000000722. The average Bonchev–Trinajstić information content (AvgIpc) is 2.64. The van der Waals surface area contributed by atoms with Crippen molar-refractivity contribution in [1.29, 1.82) is 0 Å². The van der Waals surface area contributed by atoms with E-state index in [9.17, 15) is 0 Å². The van der Waals surface area contributed by atoms with Gasteiger partial charge in [-0.05, 0) is 12.8 Å². The van der Waals surface area contributed by atoms with Gasteiger partial charge in [-0.25, -0.2) is 0 Å². The second-order valence-corrected chi connectivity index (χ2v) is 4.74. The van der Waals surface area contributed by atoms with Gasteiger partial charge in [-0.15, -0.1) is 24.8 Å². The highest BCUT2D eigenvalue weighted by Gasteiger charge is 2.48. The third kappa shape index (κ3) is 2.45. The SMILES string of the molecule is Cl.Cl.Cn1cc(C2NCC23CCOCC3)cn1. The summed E-state index contributed by atoms with van der Waals surface area (Å²) in [7, 11) is 1.97. The molecule has 2 fully saturated rings. The van der Waals surface area contributed by atoms with Crippen molar-refractivity contribution in [2.75, 3.05) is 19.8 Å². The Hall–Kier alpha value is -0.290. The summed E-state index contributed by atoms with van der Waals surface area (Å²) in [4.78, 5) is 0. The monoisotopic (exact) mass is 279 g/mol. The van der Waals surface area contributed by atoms with Crippen molar-refractivity contribution in [3.63, 3.8) is 0 Å². The van der Waals surface area contributed by atoms with Crippen molar-refractivity contribution >= 4 is 24.8 Å². The van der Waals surface area contributed by atoms with E-state index >= 15 is 0 Å². The topological polar surface area (TPSA) is 39.1 Å². The van der Waals surface area contributed by atoms with Gasteiger partial charge in [0.25, 0.3) is 0 Å². The molecule has 4 nitrogen and oxygen atoms in total. The molecule has 6 heteroatoms. The molecule has 1 unspecified atom stereocenters. The number of halogens is 2. The van der Waals surface area contributed by atoms with Crippen LogP contribution in [-0.2, 0) is 11.8 Å². The van der Waals surface area contributed by atoms with E-state index in [1.165, 1.54) is 18.4 Å². The van der Waals surface area contributed by atoms with Crippen molar-refractivity contribution in [3.05, 3.63) is 18.0 Å². The third-order valence-corrected chi connectivity index (χ3v) is 3.82. The summed E-state index contributed by atoms with van der Waals surface area (Å²) >= 11 is 0. The van der Waals surface area contributed by atoms with Crippen LogP contribution in [0.3, 0.4) is 0 Å². The van der Waals surface area contributed by atoms with E-state index in [4.69, 9.17) is 4.74 Å². The number of ether oxygens (including phenoxy) is 1. The van der Waals surface area contributed by atoms with Crippen LogP contribution in [-0.4, -0.2) is 29.5 Å². The Morgan fingerprint density at radius 1 is 1.41 bits per heavy atom. The Morgan fingerprint density at radius 2 is 2.12 bits per heavy atom. The van der Waals surface area contributed by atoms with E-state index in [-0.39, 0.29) is 24.8 Å². The maximum absolute atomic E-state index is 5.44. The highest BCUT2D eigenvalue weighted by molar-refractivity contribution is 5.85. The van der Waals surface area contributed by atoms with Gasteiger partial charge in [0.15, 0.2) is 0 Å². The third-order valence-electron chi connectivity index (χ3n) is 3.82. The second-order valence-electron chi connectivity index (χ2n) is 4.74. The van der Waals surface area contributed by atoms with Gasteiger partial charge in [0.2, 0.25) is 0 Å². The Morgan fingerprint density at radius 3 is 2.59 bits per heavy atom. The van der Waals surface area contributed by atoms with E-state index in [0.29, 0.717) is 11.5 Å². The molecule has 1 atom stereocenters. The van der Waals surface area contributed by atoms with Gasteiger partial charge in [0.1, 0.15) is 0 Å². The molecule has 3 heterocycles. The molecule has 1 aromatic rings. The maximum atomic E-state index is 5.44. The number of aromatic nitrogens is 2. The fourth-order valence-corrected chi connectivity index (χ4v) is 2.80. The summed E-state index contributed by atoms with van der Waals surface area (Å²) in [5.41, 5.74) is 1.77. The number of hydrogen-bond acceptors (Lipinski definition) is 3. The highest BCUT2D eigenvalue weighted by atomic mass is 35.5. The van der Waals surface area contributed by atoms with Crippen LogP contribution in [0.25, 0.3) is 0 Å². The van der Waals surface area contributed by atoms with Crippen LogP contribution >= 0.6 is 24.8 Å². The molecule has 2 saturated heterocycles. The largest absolute Gasteiger partial charge is 0.381 e. The molecule has 1 spiro atoms. The Kier molecular flexibility index (Phi) is 4.84. The Bertz CT molecular complexity index is 363. The molecule has 2 aliphatic heterocycles. The second kappa shape index (κ2) is 5.57. The van der Waals surface area contributed by atoms with E-state index in [1.54, 1.807) is 0 Å². The maximum Gasteiger partial charge on any atom is 0.0537 e. The molecule has 0 radical (unpaired) electrons. The van der Waals surface area contributed by atoms with Crippen molar-refractivity contribution in [2.45, 2.75) is 18.9 Å². The van der Waals surface area contributed by atoms with Gasteiger partial charge < -0.3 is 10.1 Å². The van der Waals surface area contributed by atoms with Crippen molar-refractivity contribution in [1.82, 2.24) is 15.1 Å². The first kappa shape index (κ1) is 14.8. The van der Waals surface area contributed by atoms with Gasteiger partial charge in [0, 0.05) is 50.0 Å². The Labute approximate surface area is 114 Å². The zero-order chi connectivity index (χ0) is 10.3. The van der Waals surface area contributed by atoms with Crippen LogP contribution in [0.5, 0.6) is 0 Å². The lowest BCUT2D eigenvalue weighted by Crippen LogP contribution is -2.58. The summed E-state index contributed by atoms with van der Waals surface area (Å²) in [5.74, 6) is 0. The molecule has 0 aliphatic carbocycles. The molecule has 0 saturated carbocycles. The average molecular weight is 280 g/mol. The highest BCUT2D eigenvalue weighted by Crippen LogP contribution is 2.48. The molecule has 17 heavy (non-hydrogen) atoms. The normalized spacial score (nSPS) is 25.6. The number of nitrogens with one attached hydrogen (secondary N) is 1. The fraction of sp³-hybridized carbons (Fsp3) is 0.727. The lowest BCUT2D eigenvalue weighted by Gasteiger charge is -2.52. The van der Waals surface area contributed by atoms with Gasteiger partial charge in [-0.3, -0.25) is 4.68 Å². The molecule has 1 N–H and O–H groups in total. The smallest absolute Gasteiger partial charge is 0.0537 e. The molecule has 3 rings (SSSR count). The minimum absolute atomic E-state index is 0. The summed E-state index contributed by atoms with van der Waals surface area (Å²) in [6.07, 6.45) is 6.46. The van der Waals surface area contributed by atoms with Crippen LogP contribution in [0.2, 0.25) is 0 Å². The summed E-state index contributed by atoms with van der Waals surface area (Å²) < 4.78 is 7.32. The van der Waals surface area contributed by atoms with Crippen molar-refractivity contribution < 1.29 is 4.74 Å². The van der Waals surface area contributed by atoms with Gasteiger partial charge in [0.05, 0.1) is 6.20 Å². The van der Waals surface area contributed by atoms with E-state index in [0.717, 1.165) is 19.8 Å². The predicted molar refractivity (Wildman–Crippen MR) is 70.9 cm³/mol. The number of hydrogen-bond donors (Lipinski definition) is 1. The number of rotatable bonds is 1. The first-order valence-electron chi connectivity index (χ1n) is 5.60. The van der Waals surface area contributed by atoms with Crippen LogP contribution in [0, 0.1) is 5.41 Å². The fourth-order valence-electron chi connectivity index (χ4n) is 2.80. The molecule has 98 valence electrons. The summed E-state index contributed by atoms with van der Waals surface area (Å²) in [6.45, 7) is 2.97. The zero-order valence-corrected chi connectivity index (χ0v) is 11.5. The molecule has 2 aliphatic rings. The molecule has 0 aromatic carbocycles. The predicted octanol–water partition coefficient (Wildman–Crippen LogP) is 1.70. The van der Waals surface area contributed by atoms with E-state index in [1.807, 2.05) is 17.9 Å². The van der Waals surface area contributed by atoms with Crippen molar-refractivity contribution in [3.8, 4) is 0 Å². The standard InChI is InChI=1S/C11H17N3O.2ClH/c1-14-7-9(6-13-14)10-11(8-12-10)2-4-15-5-3-11;;/h6-7,10,12H,2-5,8H2,1H3;2*1H. The van der Waals surface area contributed by atoms with Gasteiger partial charge in [-0.1, -0.05) is 0 Å². The van der Waals surface area contributed by atoms with E-state index < -0.39 is 0 Å². The lowest BCUT2D eigenvalue weighted by molar-refractivity contribution is -0.0479. The van der Waals surface area contributed by atoms with Crippen LogP contribution in [0.4, 0.5) is 0 Å². The number of nitrogens with zero attached hydrogens (tertiary/aromatic N) is 2. The summed E-state index contributed by atoms with van der Waals surface area (Å²) in [6, 6.07) is 0.495. The molecular weight excluding hydrogens is 261 g/mol. The first-order valence-corrected chi connectivity index (χ1v) is 5.60. The molecule has 0 amide bonds. The molecular formula is C11H19Cl2N3O. The quantitative estimate of drug-likeness (QED) is 0.851. The minimum Gasteiger partial charge on any atom is -0.381 e. The van der Waals surface area contributed by atoms with Crippen LogP contribution < -0.4 is 5.32 Å². The number of aryl methyl sites for hydroxylation is 1. The zero-order valence-electron chi connectivity index (χ0n) is 9.89. The van der Waals surface area contributed by atoms with Gasteiger partial charge in [-0.2, -0.15) is 5.10 Å². The van der Waals surface area contributed by atoms with Crippen LogP contribution in [0.1, 0.15) is 24.4 Å². The van der Waals surface area contributed by atoms with E-state index in [2.05, 4.69) is 16.6 Å². The minimum atomic E-state index is 0.